The highest BCUT2D eigenvalue weighted by Crippen LogP contribution is 2.12. The standard InChI is InChI=1S/C27H30F2N4O3/c1-2-18-5-3-6-19(9-18)14-31-16-25(34)24(12-20-10-22(28)13-23(29)11-20)33-26(35)17-32-27(36)21-7-4-8-30-15-21/h3-11,13,15,24-25,31,34H,2,12,14,16-17H2,1H3,(H,32,36)(H,33,35)/t24-,25+/m1/s1. The summed E-state index contributed by atoms with van der Waals surface area (Å²) in [5.41, 5.74) is 2.83. The molecule has 1 heterocycles. The Hall–Kier alpha value is -3.69. The van der Waals surface area contributed by atoms with Crippen LogP contribution in [-0.4, -0.2) is 47.1 Å². The van der Waals surface area contributed by atoms with Crippen LogP contribution in [0.2, 0.25) is 0 Å². The number of amides is 2. The first-order chi connectivity index (χ1) is 17.3. The summed E-state index contributed by atoms with van der Waals surface area (Å²) in [6.07, 6.45) is 2.74. The Morgan fingerprint density at radius 3 is 2.44 bits per heavy atom. The van der Waals surface area contributed by atoms with E-state index in [2.05, 4.69) is 33.9 Å². The third-order valence-corrected chi connectivity index (χ3v) is 5.60. The van der Waals surface area contributed by atoms with Crippen LogP contribution in [0.5, 0.6) is 0 Å². The molecule has 2 amide bonds. The van der Waals surface area contributed by atoms with Gasteiger partial charge in [-0.05, 0) is 53.8 Å². The number of carbonyl (C=O) groups excluding carboxylic acids is 2. The summed E-state index contributed by atoms with van der Waals surface area (Å²) < 4.78 is 27.4. The molecule has 190 valence electrons. The van der Waals surface area contributed by atoms with E-state index in [0.29, 0.717) is 12.1 Å². The van der Waals surface area contributed by atoms with Crippen molar-refractivity contribution in [1.29, 1.82) is 0 Å². The van der Waals surface area contributed by atoms with Crippen molar-refractivity contribution >= 4 is 11.8 Å². The summed E-state index contributed by atoms with van der Waals surface area (Å²) in [6, 6.07) is 13.4. The Kier molecular flexibility index (Phi) is 10.0. The van der Waals surface area contributed by atoms with Crippen molar-refractivity contribution < 1.29 is 23.5 Å². The smallest absolute Gasteiger partial charge is 0.253 e. The van der Waals surface area contributed by atoms with Crippen molar-refractivity contribution in [1.82, 2.24) is 20.9 Å². The van der Waals surface area contributed by atoms with Crippen molar-refractivity contribution in [3.63, 3.8) is 0 Å². The monoisotopic (exact) mass is 496 g/mol. The minimum atomic E-state index is -1.07. The lowest BCUT2D eigenvalue weighted by Gasteiger charge is -2.25. The molecule has 0 bridgehead atoms. The largest absolute Gasteiger partial charge is 0.390 e. The average molecular weight is 497 g/mol. The van der Waals surface area contributed by atoms with Crippen LogP contribution in [0.25, 0.3) is 0 Å². The number of hydrogen-bond donors (Lipinski definition) is 4. The zero-order valence-corrected chi connectivity index (χ0v) is 20.0. The molecule has 7 nitrogen and oxygen atoms in total. The number of pyridine rings is 1. The van der Waals surface area contributed by atoms with Crippen molar-refractivity contribution in [2.75, 3.05) is 13.1 Å². The predicted octanol–water partition coefficient (Wildman–Crippen LogP) is 2.53. The first-order valence-corrected chi connectivity index (χ1v) is 11.7. The number of hydrogen-bond acceptors (Lipinski definition) is 5. The van der Waals surface area contributed by atoms with Crippen LogP contribution in [-0.2, 0) is 24.2 Å². The molecule has 0 aliphatic heterocycles. The number of aromatic nitrogens is 1. The number of halogens is 2. The van der Waals surface area contributed by atoms with Crippen LogP contribution in [0.4, 0.5) is 8.78 Å². The quantitative estimate of drug-likeness (QED) is 0.309. The van der Waals surface area contributed by atoms with E-state index in [1.807, 2.05) is 18.2 Å². The molecule has 0 fully saturated rings. The number of aryl methyl sites for hydroxylation is 1. The molecular formula is C27H30F2N4O3. The maximum Gasteiger partial charge on any atom is 0.253 e. The van der Waals surface area contributed by atoms with Crippen LogP contribution in [0.3, 0.4) is 0 Å². The van der Waals surface area contributed by atoms with Gasteiger partial charge in [-0.25, -0.2) is 8.78 Å². The number of aliphatic hydroxyl groups is 1. The summed E-state index contributed by atoms with van der Waals surface area (Å²) in [5.74, 6) is -2.52. The summed E-state index contributed by atoms with van der Waals surface area (Å²) in [4.78, 5) is 28.6. The highest BCUT2D eigenvalue weighted by Gasteiger charge is 2.23. The van der Waals surface area contributed by atoms with Gasteiger partial charge in [0, 0.05) is 31.5 Å². The van der Waals surface area contributed by atoms with Crippen LogP contribution in [0, 0.1) is 11.6 Å². The molecule has 0 aliphatic carbocycles. The Morgan fingerprint density at radius 1 is 1.00 bits per heavy atom. The molecule has 9 heteroatoms. The second-order valence-corrected chi connectivity index (χ2v) is 8.45. The van der Waals surface area contributed by atoms with Gasteiger partial charge in [0.25, 0.3) is 5.91 Å². The molecule has 0 aliphatic rings. The number of nitrogens with zero attached hydrogens (tertiary/aromatic N) is 1. The fraction of sp³-hybridized carbons (Fsp3) is 0.296. The number of aliphatic hydroxyl groups excluding tert-OH is 1. The van der Waals surface area contributed by atoms with Crippen molar-refractivity contribution in [3.8, 4) is 0 Å². The lowest BCUT2D eigenvalue weighted by molar-refractivity contribution is -0.121. The lowest BCUT2D eigenvalue weighted by Crippen LogP contribution is -2.51. The zero-order valence-electron chi connectivity index (χ0n) is 20.0. The maximum absolute atomic E-state index is 13.7. The second kappa shape index (κ2) is 13.4. The molecule has 2 atom stereocenters. The van der Waals surface area contributed by atoms with Gasteiger partial charge in [0.15, 0.2) is 0 Å². The predicted molar refractivity (Wildman–Crippen MR) is 132 cm³/mol. The first kappa shape index (κ1) is 26.9. The van der Waals surface area contributed by atoms with Gasteiger partial charge < -0.3 is 21.1 Å². The molecule has 3 rings (SSSR count). The Bertz CT molecular complexity index is 1140. The molecule has 1 aromatic heterocycles. The maximum atomic E-state index is 13.7. The third-order valence-electron chi connectivity index (χ3n) is 5.60. The Labute approximate surface area is 209 Å². The molecule has 0 saturated carbocycles. The van der Waals surface area contributed by atoms with Gasteiger partial charge >= 0.3 is 0 Å². The minimum Gasteiger partial charge on any atom is -0.390 e. The molecule has 0 saturated heterocycles. The molecule has 2 aromatic carbocycles. The van der Waals surface area contributed by atoms with E-state index in [-0.39, 0.29) is 25.1 Å². The van der Waals surface area contributed by atoms with Crippen LogP contribution < -0.4 is 16.0 Å². The Morgan fingerprint density at radius 2 is 1.75 bits per heavy atom. The van der Waals surface area contributed by atoms with Gasteiger partial charge in [0.05, 0.1) is 24.3 Å². The first-order valence-electron chi connectivity index (χ1n) is 11.7. The van der Waals surface area contributed by atoms with E-state index in [0.717, 1.165) is 30.2 Å². The Balaban J connectivity index is 1.62. The van der Waals surface area contributed by atoms with Crippen LogP contribution >= 0.6 is 0 Å². The van der Waals surface area contributed by atoms with Gasteiger partial charge in [0.1, 0.15) is 11.6 Å². The molecule has 0 unspecified atom stereocenters. The van der Waals surface area contributed by atoms with E-state index < -0.39 is 35.6 Å². The molecule has 4 N–H and O–H groups in total. The van der Waals surface area contributed by atoms with Gasteiger partial charge in [-0.3, -0.25) is 14.6 Å². The third kappa shape index (κ3) is 8.51. The van der Waals surface area contributed by atoms with E-state index in [9.17, 15) is 23.5 Å². The number of carbonyl (C=O) groups is 2. The van der Waals surface area contributed by atoms with E-state index in [4.69, 9.17) is 0 Å². The highest BCUT2D eigenvalue weighted by molar-refractivity contribution is 5.96. The van der Waals surface area contributed by atoms with Crippen molar-refractivity contribution in [2.24, 2.45) is 0 Å². The molecule has 0 radical (unpaired) electrons. The van der Waals surface area contributed by atoms with Crippen molar-refractivity contribution in [2.45, 2.75) is 38.5 Å². The number of nitrogens with one attached hydrogen (secondary N) is 3. The van der Waals surface area contributed by atoms with Gasteiger partial charge in [-0.2, -0.15) is 0 Å². The van der Waals surface area contributed by atoms with Crippen LogP contribution in [0.1, 0.15) is 34.0 Å². The highest BCUT2D eigenvalue weighted by atomic mass is 19.1. The molecule has 0 spiro atoms. The fourth-order valence-corrected chi connectivity index (χ4v) is 3.75. The average Bonchev–Trinajstić information content (AvgIpc) is 2.87. The minimum absolute atomic E-state index is 0.00879. The van der Waals surface area contributed by atoms with E-state index in [1.54, 1.807) is 12.1 Å². The second-order valence-electron chi connectivity index (χ2n) is 8.45. The topological polar surface area (TPSA) is 103 Å². The SMILES string of the molecule is CCc1cccc(CNC[C@H](O)[C@@H](Cc2cc(F)cc(F)c2)NC(=O)CNC(=O)c2cccnc2)c1. The normalized spacial score (nSPS) is 12.6. The van der Waals surface area contributed by atoms with E-state index >= 15 is 0 Å². The summed E-state index contributed by atoms with van der Waals surface area (Å²) in [6.45, 7) is 2.35. The lowest BCUT2D eigenvalue weighted by atomic mass is 10.0. The van der Waals surface area contributed by atoms with Crippen molar-refractivity contribution in [3.05, 3.63) is 101 Å². The summed E-state index contributed by atoms with van der Waals surface area (Å²) >= 11 is 0. The fourth-order valence-electron chi connectivity index (χ4n) is 3.75. The molecule has 36 heavy (non-hydrogen) atoms. The van der Waals surface area contributed by atoms with Gasteiger partial charge in [0.2, 0.25) is 5.91 Å². The van der Waals surface area contributed by atoms with Crippen LogP contribution in [0.15, 0.2) is 67.0 Å². The van der Waals surface area contributed by atoms with Gasteiger partial charge in [-0.15, -0.1) is 0 Å². The van der Waals surface area contributed by atoms with Gasteiger partial charge in [-0.1, -0.05) is 31.2 Å². The molecule has 3 aromatic rings. The number of rotatable bonds is 12. The summed E-state index contributed by atoms with van der Waals surface area (Å²) in [5, 5.41) is 19.2. The molecular weight excluding hydrogens is 466 g/mol. The van der Waals surface area contributed by atoms with E-state index in [1.165, 1.54) is 18.0 Å². The summed E-state index contributed by atoms with van der Waals surface area (Å²) in [7, 11) is 0. The zero-order chi connectivity index (χ0) is 25.9. The number of benzene rings is 2.